The van der Waals surface area contributed by atoms with Gasteiger partial charge in [-0.25, -0.2) is 0 Å². The molecule has 0 radical (unpaired) electrons. The Morgan fingerprint density at radius 2 is 1.41 bits per heavy atom. The number of hydrogen-bond donors (Lipinski definition) is 0. The van der Waals surface area contributed by atoms with Crippen LogP contribution in [0.4, 0.5) is 0 Å². The summed E-state index contributed by atoms with van der Waals surface area (Å²) in [4.78, 5) is 13.6. The molecule has 1 aliphatic rings. The summed E-state index contributed by atoms with van der Waals surface area (Å²) >= 11 is 0. The predicted octanol–water partition coefficient (Wildman–Crippen LogP) is 5.74. The second kappa shape index (κ2) is 7.25. The van der Waals surface area contributed by atoms with Crippen molar-refractivity contribution in [2.24, 2.45) is 0 Å². The molecule has 0 spiro atoms. The van der Waals surface area contributed by atoms with E-state index in [1.165, 1.54) is 0 Å². The molecular weight excluding hydrogens is 360 g/mol. The minimum Gasteiger partial charge on any atom is -0.497 e. The number of benzene rings is 3. The van der Waals surface area contributed by atoms with Gasteiger partial charge in [0.05, 0.1) is 19.8 Å². The lowest BCUT2D eigenvalue weighted by molar-refractivity contribution is 0.102. The lowest BCUT2D eigenvalue weighted by Crippen LogP contribution is -2.31. The maximum absolute atomic E-state index is 13.6. The summed E-state index contributed by atoms with van der Waals surface area (Å²) in [5, 5.41) is 0. The summed E-state index contributed by atoms with van der Waals surface area (Å²) in [6.07, 6.45) is 4.03. The predicted molar refractivity (Wildman–Crippen MR) is 117 cm³/mol. The molecule has 0 amide bonds. The molecule has 0 aromatic heterocycles. The van der Waals surface area contributed by atoms with Crippen LogP contribution in [-0.2, 0) is 5.41 Å². The zero-order valence-corrected chi connectivity index (χ0v) is 17.2. The van der Waals surface area contributed by atoms with Crippen LogP contribution in [0.5, 0.6) is 11.5 Å². The van der Waals surface area contributed by atoms with Gasteiger partial charge in [0.2, 0.25) is 0 Å². The molecule has 0 aliphatic heterocycles. The molecule has 0 saturated heterocycles. The van der Waals surface area contributed by atoms with Gasteiger partial charge >= 0.3 is 0 Å². The highest BCUT2D eigenvalue weighted by atomic mass is 16.5. The van der Waals surface area contributed by atoms with E-state index in [1.54, 1.807) is 14.2 Å². The van der Waals surface area contributed by atoms with Crippen molar-refractivity contribution >= 4 is 17.9 Å². The summed E-state index contributed by atoms with van der Waals surface area (Å²) < 4.78 is 10.7. The van der Waals surface area contributed by atoms with E-state index in [2.05, 4.69) is 19.9 Å². The molecule has 0 unspecified atom stereocenters. The fourth-order valence-corrected chi connectivity index (χ4v) is 4.11. The van der Waals surface area contributed by atoms with Gasteiger partial charge in [0.15, 0.2) is 5.78 Å². The summed E-state index contributed by atoms with van der Waals surface area (Å²) in [5.41, 5.74) is 5.12. The minimum atomic E-state index is -0.295. The molecule has 3 nitrogen and oxygen atoms in total. The molecule has 4 rings (SSSR count). The minimum absolute atomic E-state index is 0.0155. The molecule has 0 saturated carbocycles. The number of hydrogen-bond acceptors (Lipinski definition) is 3. The molecule has 146 valence electrons. The van der Waals surface area contributed by atoms with E-state index in [4.69, 9.17) is 9.47 Å². The first-order valence-corrected chi connectivity index (χ1v) is 9.65. The number of carbonyl (C=O) groups is 1. The molecule has 1 aliphatic carbocycles. The third-order valence-electron chi connectivity index (χ3n) is 5.71. The van der Waals surface area contributed by atoms with Gasteiger partial charge < -0.3 is 9.47 Å². The Morgan fingerprint density at radius 1 is 0.759 bits per heavy atom. The van der Waals surface area contributed by atoms with Crippen molar-refractivity contribution in [1.82, 2.24) is 0 Å². The van der Waals surface area contributed by atoms with Crippen molar-refractivity contribution in [2.75, 3.05) is 14.2 Å². The normalized spacial score (nSPS) is 14.4. The number of ketones is 1. The van der Waals surface area contributed by atoms with Gasteiger partial charge in [-0.15, -0.1) is 0 Å². The Balaban J connectivity index is 1.83. The zero-order chi connectivity index (χ0) is 20.6. The van der Waals surface area contributed by atoms with Gasteiger partial charge in [-0.3, -0.25) is 4.79 Å². The van der Waals surface area contributed by atoms with Crippen molar-refractivity contribution in [3.8, 4) is 11.5 Å². The Labute approximate surface area is 171 Å². The Hall–Kier alpha value is -3.33. The Morgan fingerprint density at radius 3 is 2.07 bits per heavy atom. The van der Waals surface area contributed by atoms with E-state index in [1.807, 2.05) is 66.7 Å². The summed E-state index contributed by atoms with van der Waals surface area (Å²) in [7, 11) is 3.27. The number of methoxy groups -OCH3 is 2. The van der Waals surface area contributed by atoms with E-state index in [0.717, 1.165) is 33.6 Å². The standard InChI is InChI=1S/C26H24O3/c1-26(2)20-8-5-7-18(14-11-17-12-15-19(28-3)16-13-17)23(20)25(27)24-21(26)9-6-10-22(24)29-4/h5-16H,1-4H3/b14-11+. The van der Waals surface area contributed by atoms with Gasteiger partial charge in [0.1, 0.15) is 11.5 Å². The number of rotatable bonds is 4. The largest absolute Gasteiger partial charge is 0.497 e. The van der Waals surface area contributed by atoms with E-state index in [0.29, 0.717) is 11.3 Å². The van der Waals surface area contributed by atoms with Gasteiger partial charge in [-0.1, -0.05) is 68.5 Å². The first-order valence-electron chi connectivity index (χ1n) is 9.65. The van der Waals surface area contributed by atoms with Gasteiger partial charge in [0, 0.05) is 11.0 Å². The molecular formula is C26H24O3. The van der Waals surface area contributed by atoms with Crippen LogP contribution in [0.25, 0.3) is 12.2 Å². The van der Waals surface area contributed by atoms with Crippen LogP contribution in [0.1, 0.15) is 52.0 Å². The zero-order valence-electron chi connectivity index (χ0n) is 17.2. The van der Waals surface area contributed by atoms with Crippen LogP contribution in [0.3, 0.4) is 0 Å². The van der Waals surface area contributed by atoms with Crippen molar-refractivity contribution in [2.45, 2.75) is 19.3 Å². The van der Waals surface area contributed by atoms with E-state index in [9.17, 15) is 4.79 Å². The highest BCUT2D eigenvalue weighted by Crippen LogP contribution is 2.45. The average molecular weight is 384 g/mol. The van der Waals surface area contributed by atoms with Crippen LogP contribution < -0.4 is 9.47 Å². The van der Waals surface area contributed by atoms with Crippen molar-refractivity contribution < 1.29 is 14.3 Å². The van der Waals surface area contributed by atoms with Crippen molar-refractivity contribution in [3.63, 3.8) is 0 Å². The quantitative estimate of drug-likeness (QED) is 0.538. The third kappa shape index (κ3) is 3.13. The molecule has 0 bridgehead atoms. The van der Waals surface area contributed by atoms with Crippen LogP contribution >= 0.6 is 0 Å². The summed E-state index contributed by atoms with van der Waals surface area (Å²) in [6, 6.07) is 19.7. The Bertz CT molecular complexity index is 1110. The van der Waals surface area contributed by atoms with Crippen molar-refractivity contribution in [1.29, 1.82) is 0 Å². The Kier molecular flexibility index (Phi) is 4.75. The molecule has 0 heterocycles. The van der Waals surface area contributed by atoms with Crippen LogP contribution in [0.2, 0.25) is 0 Å². The van der Waals surface area contributed by atoms with Gasteiger partial charge in [0.25, 0.3) is 0 Å². The number of carbonyl (C=O) groups excluding carboxylic acids is 1. The molecule has 0 N–H and O–H groups in total. The van der Waals surface area contributed by atoms with Crippen LogP contribution in [0.15, 0.2) is 60.7 Å². The second-order valence-electron chi connectivity index (χ2n) is 7.71. The summed E-state index contributed by atoms with van der Waals surface area (Å²) in [5.74, 6) is 1.46. The van der Waals surface area contributed by atoms with E-state index < -0.39 is 0 Å². The highest BCUT2D eigenvalue weighted by Gasteiger charge is 2.39. The highest BCUT2D eigenvalue weighted by molar-refractivity contribution is 6.16. The number of ether oxygens (including phenoxy) is 2. The van der Waals surface area contributed by atoms with Gasteiger partial charge in [-0.2, -0.15) is 0 Å². The molecule has 0 fully saturated rings. The molecule has 3 heteroatoms. The average Bonchev–Trinajstić information content (AvgIpc) is 2.75. The lowest BCUT2D eigenvalue weighted by atomic mass is 9.67. The van der Waals surface area contributed by atoms with Gasteiger partial charge in [-0.05, 0) is 40.5 Å². The maximum atomic E-state index is 13.6. The lowest BCUT2D eigenvalue weighted by Gasteiger charge is -2.35. The van der Waals surface area contributed by atoms with Crippen LogP contribution in [-0.4, -0.2) is 20.0 Å². The maximum Gasteiger partial charge on any atom is 0.197 e. The van der Waals surface area contributed by atoms with E-state index in [-0.39, 0.29) is 11.2 Å². The first kappa shape index (κ1) is 19.0. The topological polar surface area (TPSA) is 35.5 Å². The van der Waals surface area contributed by atoms with E-state index >= 15 is 0 Å². The molecule has 3 aromatic carbocycles. The fraction of sp³-hybridized carbons (Fsp3) is 0.192. The fourth-order valence-electron chi connectivity index (χ4n) is 4.11. The third-order valence-corrected chi connectivity index (χ3v) is 5.71. The smallest absolute Gasteiger partial charge is 0.197 e. The molecule has 0 atom stereocenters. The summed E-state index contributed by atoms with van der Waals surface area (Å²) in [6.45, 7) is 4.32. The SMILES string of the molecule is COc1ccc(/C=C/c2cccc3c2C(=O)c2c(OC)cccc2C3(C)C)cc1. The van der Waals surface area contributed by atoms with Crippen molar-refractivity contribution in [3.05, 3.63) is 94.0 Å². The monoisotopic (exact) mass is 384 g/mol. The molecule has 29 heavy (non-hydrogen) atoms. The number of fused-ring (bicyclic) bond motifs is 2. The van der Waals surface area contributed by atoms with Crippen LogP contribution in [0, 0.1) is 0 Å². The molecule has 3 aromatic rings. The first-order chi connectivity index (χ1) is 14.0. The second-order valence-corrected chi connectivity index (χ2v) is 7.71.